The molecule has 3 N–H and O–H groups in total. The first-order valence-electron chi connectivity index (χ1n) is 7.81. The predicted molar refractivity (Wildman–Crippen MR) is 93.1 cm³/mol. The molecule has 1 aromatic carbocycles. The summed E-state index contributed by atoms with van der Waals surface area (Å²) in [6, 6.07) is 3.39. The molecule has 0 saturated heterocycles. The third kappa shape index (κ3) is 7.11. The molecule has 4 nitrogen and oxygen atoms in total. The largest absolute Gasteiger partial charge is 0.416 e. The lowest BCUT2D eigenvalue weighted by Crippen LogP contribution is -2.26. The van der Waals surface area contributed by atoms with E-state index < -0.39 is 11.7 Å². The number of hydrogen-bond acceptors (Lipinski definition) is 4. The fraction of sp³-hybridized carbons (Fsp3) is 0.562. The van der Waals surface area contributed by atoms with Crippen LogP contribution < -0.4 is 11.1 Å². The van der Waals surface area contributed by atoms with E-state index in [-0.39, 0.29) is 23.9 Å². The highest BCUT2D eigenvalue weighted by molar-refractivity contribution is 7.99. The maximum Gasteiger partial charge on any atom is 0.416 e. The van der Waals surface area contributed by atoms with E-state index in [0.717, 1.165) is 37.5 Å². The molecule has 0 radical (unpaired) electrons. The monoisotopic (exact) mass is 363 g/mol. The molecule has 0 aliphatic rings. The minimum Gasteiger partial charge on any atom is -0.326 e. The summed E-state index contributed by atoms with van der Waals surface area (Å²) in [5.41, 5.74) is 5.07. The zero-order chi connectivity index (χ0) is 18.2. The smallest absolute Gasteiger partial charge is 0.326 e. The number of rotatable bonds is 9. The fourth-order valence-electron chi connectivity index (χ4n) is 2.14. The van der Waals surface area contributed by atoms with Gasteiger partial charge in [0.25, 0.3) is 0 Å². The second-order valence-corrected chi connectivity index (χ2v) is 6.35. The molecule has 0 aliphatic heterocycles. The quantitative estimate of drug-likeness (QED) is 0.662. The van der Waals surface area contributed by atoms with Gasteiger partial charge in [0.05, 0.1) is 11.3 Å². The van der Waals surface area contributed by atoms with Gasteiger partial charge in [-0.2, -0.15) is 24.9 Å². The van der Waals surface area contributed by atoms with Crippen LogP contribution in [0.5, 0.6) is 0 Å². The minimum absolute atomic E-state index is 0.0224. The summed E-state index contributed by atoms with van der Waals surface area (Å²) in [5, 5.41) is 2.52. The Hall–Kier alpha value is -1.25. The zero-order valence-corrected chi connectivity index (χ0v) is 14.8. The van der Waals surface area contributed by atoms with Crippen LogP contribution in [0.3, 0.4) is 0 Å². The number of nitrogens with two attached hydrogens (primary N) is 1. The molecular formula is C16H24F3N3OS. The topological polar surface area (TPSA) is 58.4 Å². The van der Waals surface area contributed by atoms with Crippen molar-refractivity contribution in [3.05, 3.63) is 29.3 Å². The van der Waals surface area contributed by atoms with E-state index in [1.165, 1.54) is 17.8 Å². The van der Waals surface area contributed by atoms with Crippen molar-refractivity contribution in [1.29, 1.82) is 0 Å². The summed E-state index contributed by atoms with van der Waals surface area (Å²) in [5.74, 6) is 0.683. The molecule has 0 aliphatic carbocycles. The van der Waals surface area contributed by atoms with Crippen LogP contribution >= 0.6 is 11.8 Å². The summed E-state index contributed by atoms with van der Waals surface area (Å²) in [6.07, 6.45) is -4.47. The number of amides is 1. The lowest BCUT2D eigenvalue weighted by molar-refractivity contribution is -0.137. The van der Waals surface area contributed by atoms with E-state index >= 15 is 0 Å². The Labute approximate surface area is 145 Å². The molecule has 0 fully saturated rings. The Morgan fingerprint density at radius 3 is 2.46 bits per heavy atom. The standard InChI is InChI=1S/C16H24F3N3OS/c1-3-22(4-2)5-6-24-11-15(23)21-14-8-12(10-20)7-13(9-14)16(17,18)19/h7-9H,3-6,10-11,20H2,1-2H3,(H,21,23). The van der Waals surface area contributed by atoms with Crippen molar-refractivity contribution in [2.24, 2.45) is 5.73 Å². The van der Waals surface area contributed by atoms with Crippen molar-refractivity contribution >= 4 is 23.4 Å². The van der Waals surface area contributed by atoms with Gasteiger partial charge in [-0.1, -0.05) is 13.8 Å². The second-order valence-electron chi connectivity index (χ2n) is 5.25. The Morgan fingerprint density at radius 1 is 1.25 bits per heavy atom. The van der Waals surface area contributed by atoms with E-state index in [9.17, 15) is 18.0 Å². The predicted octanol–water partition coefficient (Wildman–Crippen LogP) is 3.18. The number of carbonyl (C=O) groups is 1. The number of nitrogens with one attached hydrogen (secondary N) is 1. The normalized spacial score (nSPS) is 11.8. The Morgan fingerprint density at radius 2 is 1.92 bits per heavy atom. The van der Waals surface area contributed by atoms with Gasteiger partial charge in [-0.25, -0.2) is 0 Å². The van der Waals surface area contributed by atoms with E-state index in [2.05, 4.69) is 24.1 Å². The maximum absolute atomic E-state index is 12.9. The maximum atomic E-state index is 12.9. The van der Waals surface area contributed by atoms with Crippen molar-refractivity contribution < 1.29 is 18.0 Å². The van der Waals surface area contributed by atoms with Crippen LogP contribution in [0.1, 0.15) is 25.0 Å². The third-order valence-electron chi connectivity index (χ3n) is 3.52. The molecule has 0 heterocycles. The Bertz CT molecular complexity index is 534. The number of hydrogen-bond donors (Lipinski definition) is 2. The van der Waals surface area contributed by atoms with Crippen molar-refractivity contribution in [2.75, 3.05) is 36.5 Å². The Kier molecular flexibility index (Phi) is 8.58. The number of carbonyl (C=O) groups excluding carboxylic acids is 1. The van der Waals surface area contributed by atoms with E-state index in [0.29, 0.717) is 5.56 Å². The first kappa shape index (κ1) is 20.8. The molecule has 0 aromatic heterocycles. The average molecular weight is 363 g/mol. The molecule has 0 saturated carbocycles. The van der Waals surface area contributed by atoms with Crippen LogP contribution in [0.4, 0.5) is 18.9 Å². The summed E-state index contributed by atoms with van der Waals surface area (Å²) in [4.78, 5) is 14.1. The zero-order valence-electron chi connectivity index (χ0n) is 13.9. The van der Waals surface area contributed by atoms with Crippen LogP contribution in [0.15, 0.2) is 18.2 Å². The fourth-order valence-corrected chi connectivity index (χ4v) is 2.93. The van der Waals surface area contributed by atoms with Gasteiger partial charge in [0, 0.05) is 24.5 Å². The number of benzene rings is 1. The van der Waals surface area contributed by atoms with Gasteiger partial charge in [-0.05, 0) is 36.9 Å². The molecule has 0 unspecified atom stereocenters. The van der Waals surface area contributed by atoms with Gasteiger partial charge in [0.2, 0.25) is 5.91 Å². The summed E-state index contributed by atoms with van der Waals surface area (Å²) < 4.78 is 38.6. The van der Waals surface area contributed by atoms with Gasteiger partial charge < -0.3 is 16.0 Å². The number of thioether (sulfide) groups is 1. The highest BCUT2D eigenvalue weighted by Crippen LogP contribution is 2.32. The first-order valence-corrected chi connectivity index (χ1v) is 8.96. The average Bonchev–Trinajstić information content (AvgIpc) is 2.53. The van der Waals surface area contributed by atoms with Crippen molar-refractivity contribution in [1.82, 2.24) is 4.90 Å². The van der Waals surface area contributed by atoms with Gasteiger partial charge in [-0.15, -0.1) is 0 Å². The molecule has 0 spiro atoms. The third-order valence-corrected chi connectivity index (χ3v) is 4.46. The summed E-state index contributed by atoms with van der Waals surface area (Å²) >= 11 is 1.46. The van der Waals surface area contributed by atoms with Crippen LogP contribution in [0, 0.1) is 0 Å². The van der Waals surface area contributed by atoms with Crippen LogP contribution in [-0.4, -0.2) is 41.9 Å². The molecule has 8 heteroatoms. The van der Waals surface area contributed by atoms with Crippen molar-refractivity contribution in [2.45, 2.75) is 26.6 Å². The number of halogens is 3. The number of anilines is 1. The van der Waals surface area contributed by atoms with Crippen LogP contribution in [0.25, 0.3) is 0 Å². The van der Waals surface area contributed by atoms with E-state index in [4.69, 9.17) is 5.73 Å². The molecular weight excluding hydrogens is 339 g/mol. The van der Waals surface area contributed by atoms with E-state index in [1.807, 2.05) is 0 Å². The van der Waals surface area contributed by atoms with E-state index in [1.54, 1.807) is 0 Å². The second kappa shape index (κ2) is 9.90. The lowest BCUT2D eigenvalue weighted by atomic mass is 10.1. The van der Waals surface area contributed by atoms with Crippen molar-refractivity contribution in [3.8, 4) is 0 Å². The Balaban J connectivity index is 2.57. The SMILES string of the molecule is CCN(CC)CCSCC(=O)Nc1cc(CN)cc(C(F)(F)F)c1. The highest BCUT2D eigenvalue weighted by atomic mass is 32.2. The number of nitrogens with zero attached hydrogens (tertiary/aromatic N) is 1. The molecule has 0 bridgehead atoms. The number of alkyl halides is 3. The van der Waals surface area contributed by atoms with Gasteiger partial charge in [-0.3, -0.25) is 4.79 Å². The molecule has 1 aromatic rings. The molecule has 136 valence electrons. The molecule has 0 atom stereocenters. The molecule has 24 heavy (non-hydrogen) atoms. The molecule has 1 rings (SSSR count). The minimum atomic E-state index is -4.47. The van der Waals surface area contributed by atoms with Crippen molar-refractivity contribution in [3.63, 3.8) is 0 Å². The van der Waals surface area contributed by atoms with Gasteiger partial charge in [0.15, 0.2) is 0 Å². The van der Waals surface area contributed by atoms with Gasteiger partial charge >= 0.3 is 6.18 Å². The summed E-state index contributed by atoms with van der Waals surface area (Å²) in [7, 11) is 0. The summed E-state index contributed by atoms with van der Waals surface area (Å²) in [6.45, 7) is 6.91. The van der Waals surface area contributed by atoms with Gasteiger partial charge in [0.1, 0.15) is 0 Å². The highest BCUT2D eigenvalue weighted by Gasteiger charge is 2.31. The lowest BCUT2D eigenvalue weighted by Gasteiger charge is -2.17. The first-order chi connectivity index (χ1) is 11.3. The van der Waals surface area contributed by atoms with Crippen LogP contribution in [-0.2, 0) is 17.5 Å². The van der Waals surface area contributed by atoms with Crippen LogP contribution in [0.2, 0.25) is 0 Å². The molecule has 1 amide bonds.